The van der Waals surface area contributed by atoms with E-state index in [-0.39, 0.29) is 23.7 Å². The third-order valence-electron chi connectivity index (χ3n) is 8.00. The first kappa shape index (κ1) is 28.1. The zero-order valence-electron chi connectivity index (χ0n) is 23.9. The smallest absolute Gasteiger partial charge is 0.410 e. The molecule has 1 amide bonds. The number of hydrazone groups is 1. The number of Topliss-reactive ketones (excluding diaryl/α,β-unsaturated/α-hetero) is 1. The van der Waals surface area contributed by atoms with Crippen LogP contribution in [-0.4, -0.2) is 78.4 Å². The number of hydrogen-bond acceptors (Lipinski definition) is 7. The maximum absolute atomic E-state index is 14.3. The van der Waals surface area contributed by atoms with Gasteiger partial charge < -0.3 is 14.4 Å². The third kappa shape index (κ3) is 5.57. The number of nitrogens with zero attached hydrogens (tertiary/aromatic N) is 4. The van der Waals surface area contributed by atoms with Crippen LogP contribution < -0.4 is 9.75 Å². The summed E-state index contributed by atoms with van der Waals surface area (Å²) in [5, 5.41) is 6.64. The van der Waals surface area contributed by atoms with Gasteiger partial charge in [0.05, 0.1) is 5.41 Å². The summed E-state index contributed by atoms with van der Waals surface area (Å²) >= 11 is 0. The van der Waals surface area contributed by atoms with Crippen LogP contribution in [0.5, 0.6) is 5.75 Å². The lowest BCUT2D eigenvalue weighted by atomic mass is 9.67. The second-order valence-corrected chi connectivity index (χ2v) is 11.9. The molecule has 3 aliphatic heterocycles. The lowest BCUT2D eigenvalue weighted by molar-refractivity contribution is -0.111. The fourth-order valence-electron chi connectivity index (χ4n) is 6.13. The fourth-order valence-corrected chi connectivity index (χ4v) is 6.13. The number of amides is 1. The lowest BCUT2D eigenvalue weighted by Gasteiger charge is -2.41. The van der Waals surface area contributed by atoms with E-state index in [1.807, 2.05) is 44.0 Å². The number of halogens is 1. The molecule has 8 nitrogen and oxygen atoms in total. The number of unbranched alkanes of at least 4 members (excludes halogenated alkanes) is 1. The molecule has 0 aliphatic carbocycles. The number of fused-ring (bicyclic) bond motifs is 3. The van der Waals surface area contributed by atoms with Crippen molar-refractivity contribution in [2.45, 2.75) is 64.0 Å². The standard InChI is InChI=1S/C31H39FN4O4/c1-22(37)28-31(23-10-6-5-7-11-23,27-21-39-26-13-12-24(32)20-25(26)36(27)33-28)14-8-9-15-34-16-18-35(19-17-34)29(38)40-30(2,3)4/h5-7,10-13,20,27H,8-9,14-19,21H2,1-4H3/t27-,31+/m0/s1. The Balaban J connectivity index is 1.29. The predicted molar refractivity (Wildman–Crippen MR) is 152 cm³/mol. The molecule has 2 aromatic carbocycles. The van der Waals surface area contributed by atoms with Gasteiger partial charge in [-0.05, 0) is 57.9 Å². The van der Waals surface area contributed by atoms with Crippen LogP contribution in [0.1, 0.15) is 52.5 Å². The molecule has 3 heterocycles. The fraction of sp³-hybridized carbons (Fsp3) is 0.516. The number of rotatable bonds is 7. The van der Waals surface area contributed by atoms with E-state index in [4.69, 9.17) is 14.6 Å². The normalized spacial score (nSPS) is 22.7. The predicted octanol–water partition coefficient (Wildman–Crippen LogP) is 5.01. The van der Waals surface area contributed by atoms with Crippen LogP contribution in [0.25, 0.3) is 0 Å². The minimum Gasteiger partial charge on any atom is -0.489 e. The average molecular weight is 551 g/mol. The maximum atomic E-state index is 14.3. The van der Waals surface area contributed by atoms with Gasteiger partial charge in [-0.2, -0.15) is 5.10 Å². The number of piperazine rings is 1. The van der Waals surface area contributed by atoms with Gasteiger partial charge in [-0.15, -0.1) is 0 Å². The summed E-state index contributed by atoms with van der Waals surface area (Å²) in [6.07, 6.45) is 2.26. The minimum atomic E-state index is -0.674. The molecule has 1 saturated heterocycles. The number of carbonyl (C=O) groups is 2. The molecular formula is C31H39FN4O4. The van der Waals surface area contributed by atoms with Crippen molar-refractivity contribution in [3.8, 4) is 5.75 Å². The first-order chi connectivity index (χ1) is 19.1. The Bertz CT molecular complexity index is 1270. The van der Waals surface area contributed by atoms with Crippen molar-refractivity contribution in [1.82, 2.24) is 9.80 Å². The second-order valence-electron chi connectivity index (χ2n) is 11.9. The number of benzene rings is 2. The minimum absolute atomic E-state index is 0.0885. The Labute approximate surface area is 235 Å². The summed E-state index contributed by atoms with van der Waals surface area (Å²) in [6, 6.07) is 14.2. The SMILES string of the molecule is CC(=O)C1=NN2c3cc(F)ccc3OC[C@H]2[C@@]1(CCCCN1CCN(C(=O)OC(C)(C)C)CC1)c1ccccc1. The molecule has 0 radical (unpaired) electrons. The van der Waals surface area contributed by atoms with Gasteiger partial charge >= 0.3 is 6.09 Å². The van der Waals surface area contributed by atoms with Crippen LogP contribution in [0.2, 0.25) is 0 Å². The highest BCUT2D eigenvalue weighted by atomic mass is 19.1. The van der Waals surface area contributed by atoms with Crippen molar-refractivity contribution < 1.29 is 23.5 Å². The Morgan fingerprint density at radius 1 is 1.07 bits per heavy atom. The van der Waals surface area contributed by atoms with Crippen LogP contribution in [-0.2, 0) is 14.9 Å². The zero-order valence-corrected chi connectivity index (χ0v) is 23.9. The van der Waals surface area contributed by atoms with Crippen molar-refractivity contribution in [1.29, 1.82) is 0 Å². The largest absolute Gasteiger partial charge is 0.489 e. The van der Waals surface area contributed by atoms with E-state index >= 15 is 0 Å². The Morgan fingerprint density at radius 2 is 1.80 bits per heavy atom. The molecule has 0 unspecified atom stereocenters. The van der Waals surface area contributed by atoms with Crippen LogP contribution >= 0.6 is 0 Å². The van der Waals surface area contributed by atoms with Gasteiger partial charge in [0.2, 0.25) is 0 Å². The molecule has 0 aromatic heterocycles. The van der Waals surface area contributed by atoms with Gasteiger partial charge in [-0.3, -0.25) is 14.7 Å². The Morgan fingerprint density at radius 3 is 2.48 bits per heavy atom. The van der Waals surface area contributed by atoms with Gasteiger partial charge in [-0.25, -0.2) is 9.18 Å². The summed E-state index contributed by atoms with van der Waals surface area (Å²) < 4.78 is 25.9. The summed E-state index contributed by atoms with van der Waals surface area (Å²) in [5.41, 5.74) is 0.893. The zero-order chi connectivity index (χ0) is 28.5. The lowest BCUT2D eigenvalue weighted by Crippen LogP contribution is -2.53. The van der Waals surface area contributed by atoms with E-state index in [0.717, 1.165) is 38.0 Å². The highest BCUT2D eigenvalue weighted by Gasteiger charge is 2.55. The molecule has 3 aliphatic rings. The van der Waals surface area contributed by atoms with Crippen molar-refractivity contribution in [2.75, 3.05) is 44.3 Å². The van der Waals surface area contributed by atoms with Crippen LogP contribution in [0.4, 0.5) is 14.9 Å². The van der Waals surface area contributed by atoms with Gasteiger partial charge in [0.15, 0.2) is 5.78 Å². The highest BCUT2D eigenvalue weighted by Crippen LogP contribution is 2.48. The first-order valence-corrected chi connectivity index (χ1v) is 14.2. The Kier molecular flexibility index (Phi) is 7.86. The number of anilines is 1. The molecule has 0 spiro atoms. The molecule has 40 heavy (non-hydrogen) atoms. The van der Waals surface area contributed by atoms with Gasteiger partial charge in [0.1, 0.15) is 41.2 Å². The molecule has 0 saturated carbocycles. The van der Waals surface area contributed by atoms with Gasteiger partial charge in [0.25, 0.3) is 0 Å². The van der Waals surface area contributed by atoms with E-state index in [0.29, 0.717) is 43.3 Å². The summed E-state index contributed by atoms with van der Waals surface area (Å²) in [6.45, 7) is 11.3. The molecular weight excluding hydrogens is 511 g/mol. The second kappa shape index (κ2) is 11.2. The molecule has 0 bridgehead atoms. The van der Waals surface area contributed by atoms with Crippen LogP contribution in [0, 0.1) is 5.82 Å². The van der Waals surface area contributed by atoms with Crippen molar-refractivity contribution >= 4 is 23.3 Å². The van der Waals surface area contributed by atoms with Gasteiger partial charge in [-0.1, -0.05) is 36.8 Å². The summed E-state index contributed by atoms with van der Waals surface area (Å²) in [7, 11) is 0. The van der Waals surface area contributed by atoms with Crippen molar-refractivity contribution in [3.05, 3.63) is 59.9 Å². The maximum Gasteiger partial charge on any atom is 0.410 e. The monoisotopic (exact) mass is 550 g/mol. The van der Waals surface area contributed by atoms with Crippen molar-refractivity contribution in [3.63, 3.8) is 0 Å². The number of ketones is 1. The molecule has 9 heteroatoms. The van der Waals surface area contributed by atoms with Gasteiger partial charge in [0, 0.05) is 39.2 Å². The number of hydrogen-bond donors (Lipinski definition) is 0. The van der Waals surface area contributed by atoms with E-state index in [2.05, 4.69) is 17.0 Å². The van der Waals surface area contributed by atoms with Crippen molar-refractivity contribution in [2.24, 2.45) is 5.10 Å². The average Bonchev–Trinajstić information content (AvgIpc) is 3.27. The third-order valence-corrected chi connectivity index (χ3v) is 8.00. The number of carbonyl (C=O) groups excluding carboxylic acids is 2. The Hall–Kier alpha value is -3.46. The quantitative estimate of drug-likeness (QED) is 0.451. The van der Waals surface area contributed by atoms with E-state index < -0.39 is 11.0 Å². The summed E-state index contributed by atoms with van der Waals surface area (Å²) in [5.74, 6) is 0.111. The number of ether oxygens (including phenoxy) is 2. The summed E-state index contributed by atoms with van der Waals surface area (Å²) in [4.78, 5) is 29.6. The molecule has 1 fully saturated rings. The van der Waals surface area contributed by atoms with Crippen LogP contribution in [0.15, 0.2) is 53.6 Å². The molecule has 0 N–H and O–H groups in total. The molecule has 5 rings (SSSR count). The first-order valence-electron chi connectivity index (χ1n) is 14.2. The van der Waals surface area contributed by atoms with Crippen LogP contribution in [0.3, 0.4) is 0 Å². The highest BCUT2D eigenvalue weighted by molar-refractivity contribution is 6.43. The molecule has 2 aromatic rings. The van der Waals surface area contributed by atoms with E-state index in [1.54, 1.807) is 17.9 Å². The molecule has 2 atom stereocenters. The topological polar surface area (TPSA) is 74.7 Å². The van der Waals surface area contributed by atoms with E-state index in [1.165, 1.54) is 12.1 Å². The van der Waals surface area contributed by atoms with E-state index in [9.17, 15) is 14.0 Å². The molecule has 214 valence electrons.